The van der Waals surface area contributed by atoms with Crippen LogP contribution in [0.3, 0.4) is 0 Å². The summed E-state index contributed by atoms with van der Waals surface area (Å²) in [7, 11) is 0. The fourth-order valence-electron chi connectivity index (χ4n) is 8.96. The molecule has 0 unspecified atom stereocenters. The van der Waals surface area contributed by atoms with E-state index in [9.17, 15) is 10.5 Å². The third kappa shape index (κ3) is 4.57. The molecule has 3 aliphatic carbocycles. The van der Waals surface area contributed by atoms with E-state index >= 15 is 0 Å². The standard InChI is InChI=1S/C50H28N4O/c51-27-32-23-39-41(25-37(32)29-13-4-1-5-14-29)44-42-26-38(30-15-6-2-7-16-30)33(28-52)24-40(42)45(39)48-46(44)47(31-17-8-3-9-18-31)53-50(54-48)36-21-12-20-35-34-19-10-11-22-43(34)55-49(35)36/h1-26,44-45H. The summed E-state index contributed by atoms with van der Waals surface area (Å²) < 4.78 is 6.52. The van der Waals surface area contributed by atoms with Crippen LogP contribution in [0.2, 0.25) is 0 Å². The second-order valence-corrected chi connectivity index (χ2v) is 14.2. The van der Waals surface area contributed by atoms with Crippen LogP contribution < -0.4 is 0 Å². The van der Waals surface area contributed by atoms with Crippen LogP contribution in [-0.4, -0.2) is 9.97 Å². The van der Waals surface area contributed by atoms with Crippen molar-refractivity contribution in [1.29, 1.82) is 10.5 Å². The molecule has 2 heterocycles. The molecule has 0 atom stereocenters. The number of fused-ring (bicyclic) bond motifs is 3. The summed E-state index contributed by atoms with van der Waals surface area (Å²) in [5.74, 6) is -0.0414. The Kier molecular flexibility index (Phi) is 6.74. The monoisotopic (exact) mass is 700 g/mol. The lowest BCUT2D eigenvalue weighted by molar-refractivity contribution is 0.669. The highest BCUT2D eigenvalue weighted by Gasteiger charge is 2.46. The summed E-state index contributed by atoms with van der Waals surface area (Å²) in [6.45, 7) is 0. The van der Waals surface area contributed by atoms with Crippen molar-refractivity contribution < 1.29 is 4.42 Å². The van der Waals surface area contributed by atoms with Crippen molar-refractivity contribution in [2.45, 2.75) is 11.8 Å². The third-order valence-electron chi connectivity index (χ3n) is 11.3. The predicted octanol–water partition coefficient (Wildman–Crippen LogP) is 11.8. The van der Waals surface area contributed by atoms with Gasteiger partial charge in [-0.15, -0.1) is 0 Å². The normalized spacial score (nSPS) is 14.9. The number of para-hydroxylation sites is 2. The van der Waals surface area contributed by atoms with E-state index in [1.807, 2.05) is 84.9 Å². The zero-order valence-electron chi connectivity index (χ0n) is 29.4. The Morgan fingerprint density at radius 1 is 0.473 bits per heavy atom. The largest absolute Gasteiger partial charge is 0.455 e. The maximum Gasteiger partial charge on any atom is 0.163 e. The molecule has 0 saturated carbocycles. The Morgan fingerprint density at radius 3 is 1.60 bits per heavy atom. The fourth-order valence-corrected chi connectivity index (χ4v) is 8.96. The molecule has 0 aliphatic heterocycles. The van der Waals surface area contributed by atoms with Crippen LogP contribution in [-0.2, 0) is 0 Å². The Morgan fingerprint density at radius 2 is 1.00 bits per heavy atom. The molecule has 55 heavy (non-hydrogen) atoms. The minimum Gasteiger partial charge on any atom is -0.455 e. The quantitative estimate of drug-likeness (QED) is 0.182. The molecule has 0 N–H and O–H groups in total. The number of benzene rings is 7. The smallest absolute Gasteiger partial charge is 0.163 e. The van der Waals surface area contributed by atoms with Crippen LogP contribution in [0.25, 0.3) is 66.8 Å². The van der Waals surface area contributed by atoms with E-state index in [0.29, 0.717) is 17.0 Å². The maximum absolute atomic E-state index is 10.6. The number of hydrogen-bond donors (Lipinski definition) is 0. The van der Waals surface area contributed by atoms with Crippen molar-refractivity contribution in [3.05, 3.63) is 202 Å². The number of hydrogen-bond acceptors (Lipinski definition) is 5. The lowest BCUT2D eigenvalue weighted by atomic mass is 9.60. The molecular formula is C50H28N4O. The minimum absolute atomic E-state index is 0.262. The second-order valence-electron chi connectivity index (χ2n) is 14.2. The molecule has 12 rings (SSSR count). The van der Waals surface area contributed by atoms with Crippen LogP contribution in [0, 0.1) is 22.7 Å². The van der Waals surface area contributed by atoms with E-state index in [0.717, 1.165) is 94.5 Å². The van der Waals surface area contributed by atoms with E-state index in [-0.39, 0.29) is 11.8 Å². The van der Waals surface area contributed by atoms with E-state index in [1.165, 1.54) is 0 Å². The van der Waals surface area contributed by atoms with Crippen LogP contribution in [0.5, 0.6) is 0 Å². The number of nitrogens with zero attached hydrogens (tertiary/aromatic N) is 4. The molecule has 254 valence electrons. The topological polar surface area (TPSA) is 86.5 Å². The van der Waals surface area contributed by atoms with Gasteiger partial charge in [-0.2, -0.15) is 10.5 Å². The molecular weight excluding hydrogens is 673 g/mol. The summed E-state index contributed by atoms with van der Waals surface area (Å²) in [6, 6.07) is 58.4. The molecule has 0 fully saturated rings. The molecule has 9 aromatic rings. The van der Waals surface area contributed by atoms with Gasteiger partial charge >= 0.3 is 0 Å². The average molecular weight is 701 g/mol. The highest BCUT2D eigenvalue weighted by atomic mass is 16.3. The van der Waals surface area contributed by atoms with Crippen molar-refractivity contribution >= 4 is 21.9 Å². The lowest BCUT2D eigenvalue weighted by Crippen LogP contribution is -2.30. The molecule has 5 heteroatoms. The summed E-state index contributed by atoms with van der Waals surface area (Å²) in [5, 5.41) is 23.3. The maximum atomic E-state index is 10.6. The zero-order valence-corrected chi connectivity index (χ0v) is 29.4. The van der Waals surface area contributed by atoms with Gasteiger partial charge in [0.15, 0.2) is 5.82 Å². The van der Waals surface area contributed by atoms with Crippen LogP contribution in [0.4, 0.5) is 0 Å². The van der Waals surface area contributed by atoms with Crippen LogP contribution in [0.15, 0.2) is 162 Å². The number of nitriles is 2. The molecule has 2 aromatic heterocycles. The Hall–Kier alpha value is -7.60. The van der Waals surface area contributed by atoms with Gasteiger partial charge < -0.3 is 4.42 Å². The fraction of sp³-hybridized carbons (Fsp3) is 0.0400. The summed E-state index contributed by atoms with van der Waals surface area (Å²) in [5.41, 5.74) is 15.4. The molecule has 0 saturated heterocycles. The second kappa shape index (κ2) is 12.0. The first-order valence-electron chi connectivity index (χ1n) is 18.3. The van der Waals surface area contributed by atoms with Gasteiger partial charge in [0.25, 0.3) is 0 Å². The Balaban J connectivity index is 1.24. The van der Waals surface area contributed by atoms with Crippen molar-refractivity contribution in [2.24, 2.45) is 0 Å². The van der Waals surface area contributed by atoms with Crippen molar-refractivity contribution in [3.8, 4) is 57.0 Å². The van der Waals surface area contributed by atoms with Gasteiger partial charge in [-0.1, -0.05) is 121 Å². The molecule has 0 radical (unpaired) electrons. The van der Waals surface area contributed by atoms with Gasteiger partial charge in [0, 0.05) is 27.8 Å². The lowest BCUT2D eigenvalue weighted by Gasteiger charge is -2.43. The Labute approximate surface area is 317 Å². The van der Waals surface area contributed by atoms with Gasteiger partial charge in [-0.05, 0) is 80.9 Å². The van der Waals surface area contributed by atoms with E-state index in [2.05, 4.69) is 84.9 Å². The van der Waals surface area contributed by atoms with E-state index in [1.54, 1.807) is 0 Å². The van der Waals surface area contributed by atoms with Crippen LogP contribution >= 0.6 is 0 Å². The van der Waals surface area contributed by atoms with Gasteiger partial charge in [0.1, 0.15) is 11.2 Å². The number of rotatable bonds is 4. The van der Waals surface area contributed by atoms with Crippen LogP contribution in [0.1, 0.15) is 56.5 Å². The third-order valence-corrected chi connectivity index (χ3v) is 11.3. The zero-order chi connectivity index (χ0) is 36.6. The van der Waals surface area contributed by atoms with Crippen molar-refractivity contribution in [1.82, 2.24) is 9.97 Å². The van der Waals surface area contributed by atoms with Gasteiger partial charge in [0.05, 0.1) is 46.1 Å². The van der Waals surface area contributed by atoms with Gasteiger partial charge in [-0.25, -0.2) is 9.97 Å². The van der Waals surface area contributed by atoms with Crippen molar-refractivity contribution in [2.75, 3.05) is 0 Å². The molecule has 0 amide bonds. The number of aromatic nitrogens is 2. The SMILES string of the molecule is N#Cc1cc2c(cc1-c1ccccc1)C1c3cc(-c4ccccc4)c(C#N)cc3C2c2nc(-c3cccc4c3oc3ccccc34)nc(-c3ccccc3)c21. The first-order valence-corrected chi connectivity index (χ1v) is 18.3. The first-order chi connectivity index (χ1) is 27.2. The molecule has 7 aromatic carbocycles. The van der Waals surface area contributed by atoms with Crippen molar-refractivity contribution in [3.63, 3.8) is 0 Å². The first kappa shape index (κ1) is 31.0. The molecule has 0 spiro atoms. The Bertz CT molecular complexity index is 3010. The van der Waals surface area contributed by atoms with Gasteiger partial charge in [-0.3, -0.25) is 0 Å². The highest BCUT2D eigenvalue weighted by molar-refractivity contribution is 6.09. The van der Waals surface area contributed by atoms with E-state index in [4.69, 9.17) is 14.4 Å². The number of furan rings is 1. The molecule has 3 aliphatic rings. The van der Waals surface area contributed by atoms with E-state index < -0.39 is 0 Å². The average Bonchev–Trinajstić information content (AvgIpc) is 3.65. The summed E-state index contributed by atoms with van der Waals surface area (Å²) in [4.78, 5) is 11.0. The summed E-state index contributed by atoms with van der Waals surface area (Å²) in [6.07, 6.45) is 0. The minimum atomic E-state index is -0.349. The molecule has 5 nitrogen and oxygen atoms in total. The van der Waals surface area contributed by atoms with Gasteiger partial charge in [0.2, 0.25) is 0 Å². The highest BCUT2D eigenvalue weighted by Crippen LogP contribution is 2.59. The summed E-state index contributed by atoms with van der Waals surface area (Å²) >= 11 is 0. The predicted molar refractivity (Wildman–Crippen MR) is 215 cm³/mol. The molecule has 2 bridgehead atoms.